The zero-order chi connectivity index (χ0) is 34.0. The molecule has 4 aromatic rings. The lowest BCUT2D eigenvalue weighted by molar-refractivity contribution is -0.173. The summed E-state index contributed by atoms with van der Waals surface area (Å²) in [7, 11) is 3.12. The highest BCUT2D eigenvalue weighted by molar-refractivity contribution is 7.22. The van der Waals surface area contributed by atoms with E-state index in [-0.39, 0.29) is 29.4 Å². The van der Waals surface area contributed by atoms with Crippen LogP contribution in [-0.4, -0.2) is 55.9 Å². The molecular formula is C35H31ClN4O7S. The van der Waals surface area contributed by atoms with Gasteiger partial charge in [-0.2, -0.15) is 10.2 Å². The number of aromatic hydroxyl groups is 1. The van der Waals surface area contributed by atoms with Gasteiger partial charge in [0, 0.05) is 28.8 Å². The van der Waals surface area contributed by atoms with Crippen LogP contribution in [0.5, 0.6) is 11.5 Å². The van der Waals surface area contributed by atoms with Crippen molar-refractivity contribution in [2.24, 2.45) is 36.1 Å². The predicted molar refractivity (Wildman–Crippen MR) is 177 cm³/mol. The van der Waals surface area contributed by atoms with Gasteiger partial charge in [0.15, 0.2) is 11.5 Å². The monoisotopic (exact) mass is 686 g/mol. The molecule has 2 N–H and O–H groups in total. The third kappa shape index (κ3) is 3.99. The molecule has 246 valence electrons. The number of ether oxygens (including phenoxy) is 1. The van der Waals surface area contributed by atoms with E-state index >= 15 is 0 Å². The molecule has 13 heteroatoms. The maximum atomic E-state index is 14.8. The van der Waals surface area contributed by atoms with Crippen molar-refractivity contribution in [1.82, 2.24) is 14.8 Å². The second kappa shape index (κ2) is 10.5. The first kappa shape index (κ1) is 30.8. The first-order chi connectivity index (χ1) is 22.9. The van der Waals surface area contributed by atoms with Gasteiger partial charge in [-0.05, 0) is 79.5 Å². The van der Waals surface area contributed by atoms with E-state index in [2.05, 4.69) is 0 Å². The van der Waals surface area contributed by atoms with Crippen LogP contribution in [0.1, 0.15) is 36.8 Å². The summed E-state index contributed by atoms with van der Waals surface area (Å²) >= 11 is 7.82. The molecule has 8 rings (SSSR count). The number of fused-ring (bicyclic) bond motifs is 5. The first-order valence-corrected chi connectivity index (χ1v) is 16.8. The molecule has 0 spiro atoms. The molecule has 0 radical (unpaired) electrons. The van der Waals surface area contributed by atoms with E-state index in [0.29, 0.717) is 22.1 Å². The van der Waals surface area contributed by atoms with Crippen molar-refractivity contribution in [3.05, 3.63) is 70.3 Å². The molecule has 4 heterocycles. The summed E-state index contributed by atoms with van der Waals surface area (Å²) in [6.07, 6.45) is 2.22. The van der Waals surface area contributed by atoms with Gasteiger partial charge < -0.3 is 9.84 Å². The maximum absolute atomic E-state index is 14.8. The van der Waals surface area contributed by atoms with E-state index in [9.17, 15) is 29.5 Å². The Morgan fingerprint density at radius 2 is 1.81 bits per heavy atom. The molecule has 2 aliphatic carbocycles. The number of nitrogens with zero attached hydrogens (tertiary/aromatic N) is 4. The minimum Gasteiger partial charge on any atom is -0.504 e. The summed E-state index contributed by atoms with van der Waals surface area (Å²) in [6.45, 7) is 3.75. The number of halogens is 1. The molecule has 2 aromatic heterocycles. The fourth-order valence-electron chi connectivity index (χ4n) is 8.70. The predicted octanol–water partition coefficient (Wildman–Crippen LogP) is 5.60. The van der Waals surface area contributed by atoms with Crippen LogP contribution in [-0.2, 0) is 26.2 Å². The average Bonchev–Trinajstić information content (AvgIpc) is 3.72. The molecule has 0 unspecified atom stereocenters. The van der Waals surface area contributed by atoms with E-state index in [4.69, 9.17) is 21.4 Å². The number of imide groups is 2. The molecule has 3 fully saturated rings. The average molecular weight is 687 g/mol. The number of allylic oxidation sites excluding steroid dienone is 2. The van der Waals surface area contributed by atoms with Crippen LogP contribution >= 0.6 is 22.9 Å². The molecule has 11 nitrogen and oxygen atoms in total. The van der Waals surface area contributed by atoms with Gasteiger partial charge in [0.1, 0.15) is 11.5 Å². The lowest BCUT2D eigenvalue weighted by atomic mass is 9.51. The zero-order valence-electron chi connectivity index (χ0n) is 26.4. The quantitative estimate of drug-likeness (QED) is 0.161. The Balaban J connectivity index is 1.26. The van der Waals surface area contributed by atoms with Crippen molar-refractivity contribution >= 4 is 62.5 Å². The fraction of sp³-hybridized carbons (Fsp3) is 0.343. The number of rotatable bonds is 4. The molecule has 48 heavy (non-hydrogen) atoms. The number of hydrogen-bond acceptors (Lipinski definition) is 9. The maximum Gasteiger partial charge on any atom is 0.257 e. The van der Waals surface area contributed by atoms with Gasteiger partial charge in [-0.25, -0.2) is 4.90 Å². The van der Waals surface area contributed by atoms with Gasteiger partial charge in [0.05, 0.1) is 35.2 Å². The number of benzene rings is 2. The Labute approximate surface area is 283 Å². The smallest absolute Gasteiger partial charge is 0.257 e. The zero-order valence-corrected chi connectivity index (χ0v) is 28.0. The highest BCUT2D eigenvalue weighted by atomic mass is 35.5. The molecular weight excluding hydrogens is 656 g/mol. The van der Waals surface area contributed by atoms with E-state index in [1.807, 2.05) is 31.2 Å². The lowest BCUT2D eigenvalue weighted by Crippen LogP contribution is -2.48. The molecule has 1 saturated carbocycles. The Morgan fingerprint density at radius 3 is 2.54 bits per heavy atom. The van der Waals surface area contributed by atoms with Crippen molar-refractivity contribution in [2.45, 2.75) is 32.6 Å². The molecule has 2 aromatic carbocycles. The molecule has 4 aliphatic rings. The highest BCUT2D eigenvalue weighted by Gasteiger charge is 2.68. The van der Waals surface area contributed by atoms with Gasteiger partial charge >= 0.3 is 0 Å². The van der Waals surface area contributed by atoms with Crippen molar-refractivity contribution in [3.63, 3.8) is 0 Å². The van der Waals surface area contributed by atoms with Crippen LogP contribution in [0.25, 0.3) is 20.7 Å². The minimum atomic E-state index is -1.31. The van der Waals surface area contributed by atoms with Crippen molar-refractivity contribution in [3.8, 4) is 22.1 Å². The van der Waals surface area contributed by atoms with Crippen LogP contribution in [0, 0.1) is 36.0 Å². The van der Waals surface area contributed by atoms with Gasteiger partial charge in [0.2, 0.25) is 11.8 Å². The number of amides is 4. The van der Waals surface area contributed by atoms with E-state index < -0.39 is 58.6 Å². The molecule has 2 aliphatic heterocycles. The Hall–Kier alpha value is -4.52. The second-order valence-electron chi connectivity index (χ2n) is 13.3. The molecule has 4 amide bonds. The van der Waals surface area contributed by atoms with Crippen LogP contribution in [0.2, 0.25) is 5.02 Å². The van der Waals surface area contributed by atoms with Crippen LogP contribution in [0.15, 0.2) is 54.1 Å². The standard InChI is InChI=1S/C35H31ClN4O7S/c1-15-20-12-17(36)6-10-26(20)48-30(15)23-14-27(38(3)37-23)39-32(43)22-13-21-18(7-8-19-28(21)33(44)40(46)31(19)42)29(35(22,2)34(39)45)16-5-9-25(47-4)24(41)11-16/h5-7,9-12,14,19,21-22,28-29,41,46H,8,13H2,1-4H3/t19-,21+,22-,28-,29-,35+/m0/s1. The number of carbonyl (C=O) groups is 4. The van der Waals surface area contributed by atoms with E-state index in [1.54, 1.807) is 43.5 Å². The largest absolute Gasteiger partial charge is 0.504 e. The Kier molecular flexibility index (Phi) is 6.73. The minimum absolute atomic E-state index is 0.134. The normalized spacial score (nSPS) is 28.2. The van der Waals surface area contributed by atoms with E-state index in [0.717, 1.165) is 26.1 Å². The third-order valence-electron chi connectivity index (χ3n) is 11.0. The molecule has 2 saturated heterocycles. The number of aryl methyl sites for hydroxylation is 2. The van der Waals surface area contributed by atoms with Gasteiger partial charge in [0.25, 0.3) is 11.8 Å². The number of anilines is 1. The highest BCUT2D eigenvalue weighted by Crippen LogP contribution is 2.64. The summed E-state index contributed by atoms with van der Waals surface area (Å²) in [6, 6.07) is 12.3. The number of methoxy groups -OCH3 is 1. The number of carbonyl (C=O) groups excluding carboxylic acids is 4. The summed E-state index contributed by atoms with van der Waals surface area (Å²) < 4.78 is 7.84. The van der Waals surface area contributed by atoms with Crippen molar-refractivity contribution in [2.75, 3.05) is 12.0 Å². The second-order valence-corrected chi connectivity index (χ2v) is 14.8. The molecule has 0 bridgehead atoms. The lowest BCUT2D eigenvalue weighted by Gasteiger charge is -2.49. The number of phenols is 1. The SMILES string of the molecule is COc1ccc([C@H]2C3=CC[C@@H]4C(=O)N(O)C(=O)[C@@H]4[C@@H]3C[C@H]3C(=O)N(c4cc(-c5sc6ccc(Cl)cc6c5C)nn4C)C(=O)[C@@]23C)cc1O. The Bertz CT molecular complexity index is 2150. The Morgan fingerprint density at radius 1 is 1.04 bits per heavy atom. The number of phenolic OH excluding ortho intramolecular Hbond substituents is 1. The van der Waals surface area contributed by atoms with Crippen molar-refractivity contribution < 1.29 is 34.2 Å². The summed E-state index contributed by atoms with van der Waals surface area (Å²) in [5.41, 5.74) is 1.59. The topological polar surface area (TPSA) is 142 Å². The third-order valence-corrected chi connectivity index (χ3v) is 12.5. The van der Waals surface area contributed by atoms with Crippen LogP contribution < -0.4 is 9.64 Å². The molecule has 6 atom stereocenters. The first-order valence-electron chi connectivity index (χ1n) is 15.6. The van der Waals surface area contributed by atoms with Gasteiger partial charge in [-0.15, -0.1) is 11.3 Å². The summed E-state index contributed by atoms with van der Waals surface area (Å²) in [4.78, 5) is 57.6. The van der Waals surface area contributed by atoms with Gasteiger partial charge in [-0.1, -0.05) is 29.3 Å². The number of aromatic nitrogens is 2. The van der Waals surface area contributed by atoms with Crippen LogP contribution in [0.3, 0.4) is 0 Å². The van der Waals surface area contributed by atoms with Crippen LogP contribution in [0.4, 0.5) is 5.82 Å². The van der Waals surface area contributed by atoms with Crippen molar-refractivity contribution in [1.29, 1.82) is 0 Å². The van der Waals surface area contributed by atoms with Gasteiger partial charge in [-0.3, -0.25) is 29.1 Å². The summed E-state index contributed by atoms with van der Waals surface area (Å²) in [5.74, 6) is -5.61. The number of hydrogen-bond donors (Lipinski definition) is 2. The fourth-order valence-corrected chi connectivity index (χ4v) is 10.0. The van der Waals surface area contributed by atoms with E-state index in [1.165, 1.54) is 22.8 Å². The summed E-state index contributed by atoms with van der Waals surface area (Å²) in [5, 5.41) is 27.7. The number of thiophene rings is 1. The number of hydroxylamine groups is 2.